The highest BCUT2D eigenvalue weighted by Crippen LogP contribution is 2.71. The quantitative estimate of drug-likeness (QED) is 0.416. The minimum Gasteiger partial charge on any atom is -0.447 e. The van der Waals surface area contributed by atoms with Crippen LogP contribution in [0.4, 0.5) is 17.6 Å². The summed E-state index contributed by atoms with van der Waals surface area (Å²) in [6.45, 7) is 3.66. The van der Waals surface area contributed by atoms with E-state index < -0.39 is 106 Å². The number of esters is 2. The summed E-state index contributed by atoms with van der Waals surface area (Å²) >= 11 is 0. The van der Waals surface area contributed by atoms with Crippen LogP contribution in [0.1, 0.15) is 50.4 Å². The van der Waals surface area contributed by atoms with Gasteiger partial charge in [-0.1, -0.05) is 26.0 Å². The lowest BCUT2D eigenvalue weighted by Gasteiger charge is -2.63. The zero-order chi connectivity index (χ0) is 30.1. The molecule has 9 atom stereocenters. The molecule has 0 spiro atoms. The second-order valence-electron chi connectivity index (χ2n) is 12.0. The molecule has 11 heteroatoms. The van der Waals surface area contributed by atoms with Crippen LogP contribution in [0.5, 0.6) is 0 Å². The van der Waals surface area contributed by atoms with Crippen molar-refractivity contribution in [2.75, 3.05) is 6.61 Å². The zero-order valence-electron chi connectivity index (χ0n) is 22.6. The van der Waals surface area contributed by atoms with Crippen molar-refractivity contribution in [3.8, 4) is 6.07 Å². The Labute approximate surface area is 233 Å². The number of halogens is 4. The Kier molecular flexibility index (Phi) is 6.73. The smallest absolute Gasteiger partial charge is 0.352 e. The SMILES string of the molecule is C[C@@H]1C[C@H]2[C@@H]3C[C@H](F)C4=CC(=O)C=C[C@]4(C)[C@@]3(F)[C@@H](O)C[C@]2(C)[C@@]1(OC(=O)c1c(F)cccc1F)C(=O)OCC#N. The van der Waals surface area contributed by atoms with Gasteiger partial charge >= 0.3 is 11.9 Å². The summed E-state index contributed by atoms with van der Waals surface area (Å²) in [5.74, 6) is -8.76. The lowest BCUT2D eigenvalue weighted by Crippen LogP contribution is -2.71. The number of aliphatic hydroxyl groups is 1. The molecule has 5 rings (SSSR count). The molecule has 0 aliphatic heterocycles. The van der Waals surface area contributed by atoms with Crippen molar-refractivity contribution in [3.05, 3.63) is 59.2 Å². The third-order valence-electron chi connectivity index (χ3n) is 10.2. The number of ether oxygens (including phenoxy) is 2. The van der Waals surface area contributed by atoms with Gasteiger partial charge in [0.05, 0.1) is 6.10 Å². The van der Waals surface area contributed by atoms with Crippen LogP contribution < -0.4 is 0 Å². The van der Waals surface area contributed by atoms with Gasteiger partial charge in [-0.15, -0.1) is 0 Å². The first-order valence-electron chi connectivity index (χ1n) is 13.4. The van der Waals surface area contributed by atoms with E-state index in [9.17, 15) is 28.3 Å². The number of carbonyl (C=O) groups is 3. The molecule has 0 radical (unpaired) electrons. The Hall–Kier alpha value is -3.52. The first-order chi connectivity index (χ1) is 19.2. The maximum absolute atomic E-state index is 17.5. The van der Waals surface area contributed by atoms with Gasteiger partial charge in [0.25, 0.3) is 0 Å². The Morgan fingerprint density at radius 3 is 2.46 bits per heavy atom. The van der Waals surface area contributed by atoms with Crippen LogP contribution in [-0.2, 0) is 19.1 Å². The van der Waals surface area contributed by atoms with Gasteiger partial charge in [0.15, 0.2) is 18.1 Å². The molecule has 0 unspecified atom stereocenters. The molecule has 1 aromatic carbocycles. The molecule has 0 heterocycles. The molecule has 3 saturated carbocycles. The van der Waals surface area contributed by atoms with E-state index in [-0.39, 0.29) is 12.0 Å². The summed E-state index contributed by atoms with van der Waals surface area (Å²) in [7, 11) is 0. The van der Waals surface area contributed by atoms with Crippen molar-refractivity contribution in [2.45, 2.75) is 63.6 Å². The Morgan fingerprint density at radius 1 is 1.17 bits per heavy atom. The van der Waals surface area contributed by atoms with Crippen LogP contribution >= 0.6 is 0 Å². The number of ketones is 1. The van der Waals surface area contributed by atoms with E-state index in [4.69, 9.17) is 14.7 Å². The van der Waals surface area contributed by atoms with Crippen LogP contribution in [0.15, 0.2) is 42.0 Å². The maximum Gasteiger partial charge on any atom is 0.352 e. The Morgan fingerprint density at radius 2 is 1.83 bits per heavy atom. The van der Waals surface area contributed by atoms with Gasteiger partial charge in [0.1, 0.15) is 29.4 Å². The third kappa shape index (κ3) is 3.69. The lowest BCUT2D eigenvalue weighted by molar-refractivity contribution is -0.230. The van der Waals surface area contributed by atoms with E-state index >= 15 is 8.78 Å². The van der Waals surface area contributed by atoms with Crippen LogP contribution in [0, 0.1) is 51.5 Å². The number of carbonyl (C=O) groups excluding carboxylic acids is 3. The summed E-state index contributed by atoms with van der Waals surface area (Å²) in [4.78, 5) is 39.1. The first kappa shape index (κ1) is 29.0. The number of fused-ring (bicyclic) bond motifs is 5. The number of hydrogen-bond acceptors (Lipinski definition) is 7. The number of rotatable bonds is 4. The lowest BCUT2D eigenvalue weighted by atomic mass is 9.44. The summed E-state index contributed by atoms with van der Waals surface area (Å²) in [6.07, 6.45) is -1.05. The van der Waals surface area contributed by atoms with Crippen molar-refractivity contribution in [2.24, 2.45) is 28.6 Å². The molecule has 4 aliphatic carbocycles. The normalized spacial score (nSPS) is 40.9. The maximum atomic E-state index is 17.5. The molecule has 1 N–H and O–H groups in total. The Bertz CT molecular complexity index is 1420. The van der Waals surface area contributed by atoms with Crippen molar-refractivity contribution in [3.63, 3.8) is 0 Å². The van der Waals surface area contributed by atoms with Gasteiger partial charge in [0.2, 0.25) is 5.60 Å². The van der Waals surface area contributed by atoms with Gasteiger partial charge in [-0.25, -0.2) is 27.2 Å². The van der Waals surface area contributed by atoms with Gasteiger partial charge in [-0.05, 0) is 62.0 Å². The highest BCUT2D eigenvalue weighted by atomic mass is 19.2. The molecule has 3 fully saturated rings. The van der Waals surface area contributed by atoms with Crippen LogP contribution in [0.3, 0.4) is 0 Å². The zero-order valence-corrected chi connectivity index (χ0v) is 22.6. The fourth-order valence-electron chi connectivity index (χ4n) is 8.31. The Balaban J connectivity index is 1.65. The van der Waals surface area contributed by atoms with E-state index in [1.807, 2.05) is 0 Å². The summed E-state index contributed by atoms with van der Waals surface area (Å²) in [5.41, 5.74) is -9.23. The minimum atomic E-state index is -2.48. The molecule has 0 aromatic heterocycles. The number of alkyl halides is 2. The predicted molar refractivity (Wildman–Crippen MR) is 134 cm³/mol. The van der Waals surface area contributed by atoms with E-state index in [1.165, 1.54) is 26.8 Å². The molecular formula is C30H29F4NO6. The number of aliphatic hydroxyl groups excluding tert-OH is 1. The van der Waals surface area contributed by atoms with Crippen molar-refractivity contribution in [1.82, 2.24) is 0 Å². The molecule has 0 bridgehead atoms. The van der Waals surface area contributed by atoms with Gasteiger partial charge in [-0.2, -0.15) is 5.26 Å². The van der Waals surface area contributed by atoms with Crippen molar-refractivity contribution < 1.29 is 46.5 Å². The van der Waals surface area contributed by atoms with Crippen LogP contribution in [-0.4, -0.2) is 53.0 Å². The van der Waals surface area contributed by atoms with Crippen molar-refractivity contribution >= 4 is 17.7 Å². The van der Waals surface area contributed by atoms with E-state index in [2.05, 4.69) is 0 Å². The topological polar surface area (TPSA) is 114 Å². The monoisotopic (exact) mass is 575 g/mol. The second kappa shape index (κ2) is 9.51. The molecule has 7 nitrogen and oxygen atoms in total. The number of benzene rings is 1. The number of allylic oxidation sites excluding steroid dienone is 4. The largest absolute Gasteiger partial charge is 0.447 e. The van der Waals surface area contributed by atoms with Crippen LogP contribution in [0.25, 0.3) is 0 Å². The second-order valence-corrected chi connectivity index (χ2v) is 12.0. The predicted octanol–water partition coefficient (Wildman–Crippen LogP) is 4.49. The summed E-state index contributed by atoms with van der Waals surface area (Å²) in [6, 6.07) is 4.36. The fraction of sp³-hybridized carbons (Fsp3) is 0.533. The standard InChI is InChI=1S/C30H29F4NO6/c1-15-11-17-18-13-22(33)19-12-16(36)7-8-27(19,2)29(18,34)23(37)14-28(17,3)30(15,26(39)40-10-9-35)41-25(38)24-20(31)5-4-6-21(24)32/h4-8,12,15,17-18,22-23,37H,10-11,13-14H2,1-3H3/t15-,17+,18+,22+,23+,27+,28+,29+,30+/m1/s1. The minimum absolute atomic E-state index is 0.00125. The highest BCUT2D eigenvalue weighted by Gasteiger charge is 2.79. The average Bonchev–Trinajstić information content (AvgIpc) is 3.12. The van der Waals surface area contributed by atoms with Gasteiger partial charge in [0, 0.05) is 22.7 Å². The van der Waals surface area contributed by atoms with E-state index in [0.717, 1.165) is 30.4 Å². The summed E-state index contributed by atoms with van der Waals surface area (Å²) in [5, 5.41) is 20.6. The molecule has 0 amide bonds. The van der Waals surface area contributed by atoms with Gasteiger partial charge < -0.3 is 14.6 Å². The molecule has 41 heavy (non-hydrogen) atoms. The number of hydrogen-bond donors (Lipinski definition) is 1. The molecule has 0 saturated heterocycles. The van der Waals surface area contributed by atoms with Crippen LogP contribution in [0.2, 0.25) is 0 Å². The van der Waals surface area contributed by atoms with E-state index in [0.29, 0.717) is 0 Å². The highest BCUT2D eigenvalue weighted by molar-refractivity contribution is 6.01. The van der Waals surface area contributed by atoms with Gasteiger partial charge in [-0.3, -0.25) is 4.79 Å². The molecule has 4 aliphatic rings. The first-order valence-corrected chi connectivity index (χ1v) is 13.4. The fourth-order valence-corrected chi connectivity index (χ4v) is 8.31. The third-order valence-corrected chi connectivity index (χ3v) is 10.2. The molecule has 1 aromatic rings. The van der Waals surface area contributed by atoms with Crippen molar-refractivity contribution in [1.29, 1.82) is 5.26 Å². The summed E-state index contributed by atoms with van der Waals surface area (Å²) < 4.78 is 73.2. The number of nitrogens with zero attached hydrogens (tertiary/aromatic N) is 1. The molecular weight excluding hydrogens is 546 g/mol. The molecule has 218 valence electrons. The van der Waals surface area contributed by atoms with E-state index in [1.54, 1.807) is 6.07 Å². The number of nitriles is 1. The average molecular weight is 576 g/mol.